The highest BCUT2D eigenvalue weighted by Crippen LogP contribution is 2.58. The van der Waals surface area contributed by atoms with Crippen molar-refractivity contribution in [2.24, 2.45) is 0 Å². The molecule has 0 amide bonds. The van der Waals surface area contributed by atoms with Gasteiger partial charge in [-0.15, -0.1) is 0 Å². The maximum absolute atomic E-state index is 13.8. The van der Waals surface area contributed by atoms with Gasteiger partial charge in [0.2, 0.25) is 0 Å². The zero-order chi connectivity index (χ0) is 17.3. The number of hydrogen-bond donors (Lipinski definition) is 0. The molecule has 0 heterocycles. The summed E-state index contributed by atoms with van der Waals surface area (Å²) in [5.41, 5.74) is 7.86. The second kappa shape index (κ2) is 4.85. The molecule has 25 heavy (non-hydrogen) atoms. The van der Waals surface area contributed by atoms with Gasteiger partial charge in [0.15, 0.2) is 5.78 Å². The van der Waals surface area contributed by atoms with Crippen LogP contribution in [0.2, 0.25) is 0 Å². The largest absolute Gasteiger partial charge is 0.289 e. The number of hydrogen-bond acceptors (Lipinski definition) is 1. The Morgan fingerprint density at radius 2 is 1.48 bits per heavy atom. The fourth-order valence-corrected chi connectivity index (χ4v) is 4.32. The number of carbonyl (C=O) groups is 1. The zero-order valence-corrected chi connectivity index (χ0v) is 13.6. The van der Waals surface area contributed by atoms with Crippen molar-refractivity contribution in [2.45, 2.75) is 19.8 Å². The van der Waals surface area contributed by atoms with E-state index in [4.69, 9.17) is 0 Å². The molecule has 0 N–H and O–H groups in total. The summed E-state index contributed by atoms with van der Waals surface area (Å²) < 4.78 is 27.4. The first-order valence-corrected chi connectivity index (χ1v) is 8.42. The van der Waals surface area contributed by atoms with Crippen LogP contribution in [0.25, 0.3) is 16.7 Å². The highest BCUT2D eigenvalue weighted by atomic mass is 19.1. The Labute approximate surface area is 144 Å². The highest BCUT2D eigenvalue weighted by molar-refractivity contribution is 6.34. The fraction of sp³-hybridized carbons (Fsp3) is 0.136. The van der Waals surface area contributed by atoms with Crippen LogP contribution >= 0.6 is 0 Å². The molecule has 0 radical (unpaired) electrons. The van der Waals surface area contributed by atoms with Crippen LogP contribution in [0.3, 0.4) is 0 Å². The monoisotopic (exact) mass is 332 g/mol. The van der Waals surface area contributed by atoms with Gasteiger partial charge in [-0.05, 0) is 69.7 Å². The average molecular weight is 332 g/mol. The topological polar surface area (TPSA) is 17.1 Å². The van der Waals surface area contributed by atoms with E-state index in [2.05, 4.69) is 6.08 Å². The number of benzene rings is 2. The van der Waals surface area contributed by atoms with Gasteiger partial charge in [-0.25, -0.2) is 8.78 Å². The minimum Gasteiger partial charge on any atom is -0.289 e. The number of carbonyl (C=O) groups excluding carboxylic acids is 1. The van der Waals surface area contributed by atoms with E-state index in [1.54, 1.807) is 18.2 Å². The van der Waals surface area contributed by atoms with E-state index >= 15 is 0 Å². The summed E-state index contributed by atoms with van der Waals surface area (Å²) in [7, 11) is 0. The Morgan fingerprint density at radius 3 is 2.16 bits per heavy atom. The molecule has 3 heteroatoms. The molecule has 0 unspecified atom stereocenters. The van der Waals surface area contributed by atoms with Crippen molar-refractivity contribution in [1.82, 2.24) is 0 Å². The van der Waals surface area contributed by atoms with Crippen LogP contribution in [-0.2, 0) is 0 Å². The number of allylic oxidation sites excluding steroid dienone is 6. The van der Waals surface area contributed by atoms with Crippen LogP contribution in [0, 0.1) is 11.6 Å². The molecule has 122 valence electrons. The van der Waals surface area contributed by atoms with Gasteiger partial charge in [-0.1, -0.05) is 25.1 Å². The number of fused-ring (bicyclic) bond motifs is 5. The molecule has 0 atom stereocenters. The molecule has 0 spiro atoms. The molecular weight excluding hydrogens is 318 g/mol. The lowest BCUT2D eigenvalue weighted by Gasteiger charge is -2.09. The van der Waals surface area contributed by atoms with Crippen molar-refractivity contribution in [3.05, 3.63) is 87.5 Å². The highest BCUT2D eigenvalue weighted by Gasteiger charge is 2.42. The molecule has 0 aromatic heterocycles. The van der Waals surface area contributed by atoms with Crippen LogP contribution in [0.5, 0.6) is 0 Å². The summed E-state index contributed by atoms with van der Waals surface area (Å²) >= 11 is 0. The van der Waals surface area contributed by atoms with Gasteiger partial charge in [-0.3, -0.25) is 4.79 Å². The minimum absolute atomic E-state index is 0.0848. The summed E-state index contributed by atoms with van der Waals surface area (Å²) in [6.45, 7) is 2.05. The van der Waals surface area contributed by atoms with E-state index in [-0.39, 0.29) is 11.6 Å². The van der Waals surface area contributed by atoms with Gasteiger partial charge < -0.3 is 0 Å². The predicted octanol–water partition coefficient (Wildman–Crippen LogP) is 5.58. The molecule has 3 aliphatic rings. The van der Waals surface area contributed by atoms with Crippen molar-refractivity contribution in [3.8, 4) is 0 Å². The van der Waals surface area contributed by atoms with Crippen molar-refractivity contribution in [1.29, 1.82) is 0 Å². The number of halogens is 2. The predicted molar refractivity (Wildman–Crippen MR) is 93.9 cm³/mol. The summed E-state index contributed by atoms with van der Waals surface area (Å²) in [6.07, 6.45) is 3.46. The van der Waals surface area contributed by atoms with Crippen molar-refractivity contribution >= 4 is 22.5 Å². The summed E-state index contributed by atoms with van der Waals surface area (Å²) in [6, 6.07) is 9.21. The van der Waals surface area contributed by atoms with E-state index in [1.165, 1.54) is 18.2 Å². The van der Waals surface area contributed by atoms with Gasteiger partial charge >= 0.3 is 0 Å². The summed E-state index contributed by atoms with van der Waals surface area (Å²) in [5, 5.41) is 0. The first-order chi connectivity index (χ1) is 12.1. The van der Waals surface area contributed by atoms with Crippen LogP contribution < -0.4 is 0 Å². The standard InChI is InChI=1S/C22H14F2O/c1-2-3-13-16-8-11(23)4-6-14(16)20-17(13)10-19-21(20)15-7-5-12(24)9-18(15)22(19)25/h3-9H,2,10H2,1H3/b13-3-. The Bertz CT molecular complexity index is 1080. The normalized spacial score (nSPS) is 18.8. The van der Waals surface area contributed by atoms with Gasteiger partial charge in [0, 0.05) is 17.6 Å². The number of Topliss-reactive ketones (excluding diaryl/α,β-unsaturated/α-hetero) is 1. The second-order valence-corrected chi connectivity index (χ2v) is 6.62. The minimum atomic E-state index is -0.400. The zero-order valence-electron chi connectivity index (χ0n) is 13.6. The molecule has 0 saturated carbocycles. The molecule has 2 aromatic rings. The Kier molecular flexibility index (Phi) is 2.82. The first-order valence-electron chi connectivity index (χ1n) is 8.42. The van der Waals surface area contributed by atoms with Gasteiger partial charge in [-0.2, -0.15) is 0 Å². The SMILES string of the molecule is CC/C=C1\C2=C(C3=C(C2)C(=O)c2cc(F)ccc23)c2ccc(F)cc21. The lowest BCUT2D eigenvalue weighted by Crippen LogP contribution is -2.00. The van der Waals surface area contributed by atoms with E-state index < -0.39 is 5.82 Å². The molecule has 5 rings (SSSR count). The van der Waals surface area contributed by atoms with Crippen molar-refractivity contribution < 1.29 is 13.6 Å². The lowest BCUT2D eigenvalue weighted by molar-refractivity contribution is 0.103. The van der Waals surface area contributed by atoms with E-state index in [0.717, 1.165) is 51.0 Å². The summed E-state index contributed by atoms with van der Waals surface area (Å²) in [5.74, 6) is -0.748. The first kappa shape index (κ1) is 14.5. The maximum Gasteiger partial charge on any atom is 0.190 e. The third-order valence-electron chi connectivity index (χ3n) is 5.25. The molecule has 0 fully saturated rings. The van der Waals surface area contributed by atoms with E-state index in [0.29, 0.717) is 12.0 Å². The van der Waals surface area contributed by atoms with Crippen molar-refractivity contribution in [3.63, 3.8) is 0 Å². The molecule has 2 aromatic carbocycles. The Hall–Kier alpha value is -2.81. The average Bonchev–Trinajstić information content (AvgIpc) is 3.18. The lowest BCUT2D eigenvalue weighted by atomic mass is 9.94. The Morgan fingerprint density at radius 1 is 0.880 bits per heavy atom. The maximum atomic E-state index is 13.8. The molecule has 0 bridgehead atoms. The molecule has 1 nitrogen and oxygen atoms in total. The molecular formula is C22H14F2O. The summed E-state index contributed by atoms with van der Waals surface area (Å²) in [4.78, 5) is 12.8. The van der Waals surface area contributed by atoms with Crippen LogP contribution in [0.4, 0.5) is 8.78 Å². The molecule has 3 aliphatic carbocycles. The molecule has 0 aliphatic heterocycles. The van der Waals surface area contributed by atoms with Gasteiger partial charge in [0.05, 0.1) is 0 Å². The molecule has 0 saturated heterocycles. The van der Waals surface area contributed by atoms with Gasteiger partial charge in [0.25, 0.3) is 0 Å². The van der Waals surface area contributed by atoms with Crippen LogP contribution in [0.1, 0.15) is 46.8 Å². The Balaban J connectivity index is 1.79. The van der Waals surface area contributed by atoms with Gasteiger partial charge in [0.1, 0.15) is 11.6 Å². The van der Waals surface area contributed by atoms with Crippen molar-refractivity contribution in [2.75, 3.05) is 0 Å². The van der Waals surface area contributed by atoms with E-state index in [1.807, 2.05) is 6.92 Å². The van der Waals surface area contributed by atoms with E-state index in [9.17, 15) is 13.6 Å². The second-order valence-electron chi connectivity index (χ2n) is 6.62. The number of rotatable bonds is 1. The van der Waals surface area contributed by atoms with Crippen LogP contribution in [-0.4, -0.2) is 5.78 Å². The third-order valence-corrected chi connectivity index (χ3v) is 5.25. The quantitative estimate of drug-likeness (QED) is 0.666. The van der Waals surface area contributed by atoms with Crippen LogP contribution in [0.15, 0.2) is 53.6 Å². The fourth-order valence-electron chi connectivity index (χ4n) is 4.32. The number of ketones is 1. The third kappa shape index (κ3) is 1.78. The smallest absolute Gasteiger partial charge is 0.190 e.